The number of benzene rings is 1. The van der Waals surface area contributed by atoms with Gasteiger partial charge in [0.25, 0.3) is 0 Å². The number of rotatable bonds is 3. The average Bonchev–Trinajstić information content (AvgIpc) is 2.63. The van der Waals surface area contributed by atoms with E-state index in [1.54, 1.807) is 6.26 Å². The molecule has 0 unspecified atom stereocenters. The zero-order valence-corrected chi connectivity index (χ0v) is 9.82. The van der Waals surface area contributed by atoms with E-state index in [0.717, 1.165) is 15.9 Å². The van der Waals surface area contributed by atoms with Crippen molar-refractivity contribution >= 4 is 15.9 Å². The van der Waals surface area contributed by atoms with Gasteiger partial charge in [-0.3, -0.25) is 0 Å². The molecule has 0 radical (unpaired) electrons. The molecular formula is C11H10BrNO2. The van der Waals surface area contributed by atoms with E-state index < -0.39 is 0 Å². The predicted octanol–water partition coefficient (Wildman–Crippen LogP) is 3.32. The summed E-state index contributed by atoms with van der Waals surface area (Å²) in [4.78, 5) is 4.15. The first-order chi connectivity index (χ1) is 7.25. The van der Waals surface area contributed by atoms with Crippen LogP contribution in [0.15, 0.2) is 39.4 Å². The first-order valence-electron chi connectivity index (χ1n) is 4.54. The predicted molar refractivity (Wildman–Crippen MR) is 59.7 cm³/mol. The second-order valence-electron chi connectivity index (χ2n) is 3.08. The van der Waals surface area contributed by atoms with Gasteiger partial charge in [0.2, 0.25) is 0 Å². The van der Waals surface area contributed by atoms with Gasteiger partial charge in [0.05, 0.1) is 4.47 Å². The molecule has 0 fully saturated rings. The molecule has 0 aliphatic heterocycles. The number of aromatic nitrogens is 1. The van der Waals surface area contributed by atoms with Gasteiger partial charge in [0.1, 0.15) is 24.3 Å². The molecule has 1 heterocycles. The van der Waals surface area contributed by atoms with Gasteiger partial charge in [-0.05, 0) is 28.1 Å². The van der Waals surface area contributed by atoms with Crippen molar-refractivity contribution in [1.82, 2.24) is 4.98 Å². The molecular weight excluding hydrogens is 258 g/mol. The maximum absolute atomic E-state index is 5.57. The van der Waals surface area contributed by atoms with E-state index in [1.165, 1.54) is 0 Å². The Bertz CT molecular complexity index is 453. The fraction of sp³-hybridized carbons (Fsp3) is 0.182. The monoisotopic (exact) mass is 267 g/mol. The van der Waals surface area contributed by atoms with E-state index in [2.05, 4.69) is 20.9 Å². The highest BCUT2D eigenvalue weighted by molar-refractivity contribution is 9.10. The summed E-state index contributed by atoms with van der Waals surface area (Å²) < 4.78 is 11.6. The Morgan fingerprint density at radius 3 is 2.87 bits per heavy atom. The number of hydrogen-bond donors (Lipinski definition) is 0. The minimum Gasteiger partial charge on any atom is -0.486 e. The van der Waals surface area contributed by atoms with Crippen LogP contribution in [0.4, 0.5) is 0 Å². The lowest BCUT2D eigenvalue weighted by molar-refractivity contribution is 0.299. The molecule has 1 aromatic heterocycles. The summed E-state index contributed by atoms with van der Waals surface area (Å²) in [5.41, 5.74) is 0.795. The fourth-order valence-electron chi connectivity index (χ4n) is 1.19. The van der Waals surface area contributed by atoms with Crippen molar-refractivity contribution in [3.05, 3.63) is 46.6 Å². The molecule has 0 atom stereocenters. The minimum absolute atomic E-state index is 0.417. The molecule has 78 valence electrons. The summed E-state index contributed by atoms with van der Waals surface area (Å²) in [7, 11) is 0. The number of hydrogen-bond acceptors (Lipinski definition) is 3. The molecule has 2 aromatic rings. The van der Waals surface area contributed by atoms with Crippen LogP contribution in [0.1, 0.15) is 11.6 Å². The molecule has 0 saturated heterocycles. The Kier molecular flexibility index (Phi) is 3.06. The Hall–Kier alpha value is -1.29. The lowest BCUT2D eigenvalue weighted by Crippen LogP contribution is -1.96. The van der Waals surface area contributed by atoms with E-state index in [-0.39, 0.29) is 0 Å². The molecule has 2 rings (SSSR count). The van der Waals surface area contributed by atoms with E-state index in [4.69, 9.17) is 9.15 Å². The SMILES string of the molecule is Cc1nc(COc2ccccc2Br)co1. The molecule has 0 amide bonds. The largest absolute Gasteiger partial charge is 0.486 e. The van der Waals surface area contributed by atoms with Crippen LogP contribution in [-0.4, -0.2) is 4.98 Å². The summed E-state index contributed by atoms with van der Waals surface area (Å²) in [6.07, 6.45) is 1.60. The molecule has 0 bridgehead atoms. The number of ether oxygens (including phenoxy) is 1. The number of para-hydroxylation sites is 1. The van der Waals surface area contributed by atoms with Crippen LogP contribution in [0.2, 0.25) is 0 Å². The standard InChI is InChI=1S/C11H10BrNO2/c1-8-13-9(6-14-8)7-15-11-5-3-2-4-10(11)12/h2-6H,7H2,1H3. The number of nitrogens with zero attached hydrogens (tertiary/aromatic N) is 1. The van der Waals surface area contributed by atoms with Crippen LogP contribution < -0.4 is 4.74 Å². The molecule has 0 aliphatic carbocycles. The maximum Gasteiger partial charge on any atom is 0.191 e. The van der Waals surface area contributed by atoms with Crippen molar-refractivity contribution in [1.29, 1.82) is 0 Å². The molecule has 0 spiro atoms. The first-order valence-corrected chi connectivity index (χ1v) is 5.33. The topological polar surface area (TPSA) is 35.3 Å². The highest BCUT2D eigenvalue weighted by Gasteiger charge is 2.03. The van der Waals surface area contributed by atoms with Crippen molar-refractivity contribution in [3.63, 3.8) is 0 Å². The molecule has 3 nitrogen and oxygen atoms in total. The van der Waals surface area contributed by atoms with E-state index in [9.17, 15) is 0 Å². The smallest absolute Gasteiger partial charge is 0.191 e. The molecule has 1 aromatic carbocycles. The van der Waals surface area contributed by atoms with Gasteiger partial charge in [-0.25, -0.2) is 4.98 Å². The van der Waals surface area contributed by atoms with Gasteiger partial charge in [-0.1, -0.05) is 12.1 Å². The van der Waals surface area contributed by atoms with Gasteiger partial charge in [0.15, 0.2) is 5.89 Å². The fourth-order valence-corrected chi connectivity index (χ4v) is 1.59. The van der Waals surface area contributed by atoms with E-state index in [1.807, 2.05) is 31.2 Å². The number of aryl methyl sites for hydroxylation is 1. The third-order valence-corrected chi connectivity index (χ3v) is 2.53. The lowest BCUT2D eigenvalue weighted by Gasteiger charge is -2.05. The second-order valence-corrected chi connectivity index (χ2v) is 3.93. The number of oxazole rings is 1. The van der Waals surface area contributed by atoms with Crippen molar-refractivity contribution in [2.45, 2.75) is 13.5 Å². The third-order valence-electron chi connectivity index (χ3n) is 1.88. The van der Waals surface area contributed by atoms with Gasteiger partial charge in [-0.15, -0.1) is 0 Å². The molecule has 15 heavy (non-hydrogen) atoms. The minimum atomic E-state index is 0.417. The Morgan fingerprint density at radius 2 is 2.20 bits per heavy atom. The summed E-state index contributed by atoms with van der Waals surface area (Å²) in [6, 6.07) is 7.70. The second kappa shape index (κ2) is 4.49. The van der Waals surface area contributed by atoms with Crippen LogP contribution in [0, 0.1) is 6.92 Å². The molecule has 0 aliphatic rings. The highest BCUT2D eigenvalue weighted by Crippen LogP contribution is 2.24. The van der Waals surface area contributed by atoms with Crippen molar-refractivity contribution < 1.29 is 9.15 Å². The van der Waals surface area contributed by atoms with Crippen LogP contribution >= 0.6 is 15.9 Å². The first kappa shape index (κ1) is 10.2. The third kappa shape index (κ3) is 2.59. The highest BCUT2D eigenvalue weighted by atomic mass is 79.9. The van der Waals surface area contributed by atoms with Crippen molar-refractivity contribution in [2.75, 3.05) is 0 Å². The Morgan fingerprint density at radius 1 is 1.40 bits per heavy atom. The Balaban J connectivity index is 2.02. The zero-order valence-electron chi connectivity index (χ0n) is 8.24. The van der Waals surface area contributed by atoms with Gasteiger partial charge >= 0.3 is 0 Å². The maximum atomic E-state index is 5.57. The zero-order chi connectivity index (χ0) is 10.7. The quantitative estimate of drug-likeness (QED) is 0.856. The van der Waals surface area contributed by atoms with Gasteiger partial charge in [-0.2, -0.15) is 0 Å². The Labute approximate surface area is 96.2 Å². The van der Waals surface area contributed by atoms with E-state index in [0.29, 0.717) is 12.5 Å². The normalized spacial score (nSPS) is 10.3. The van der Waals surface area contributed by atoms with Crippen molar-refractivity contribution in [3.8, 4) is 5.75 Å². The molecule has 4 heteroatoms. The van der Waals surface area contributed by atoms with Crippen LogP contribution in [0.3, 0.4) is 0 Å². The average molecular weight is 268 g/mol. The lowest BCUT2D eigenvalue weighted by atomic mass is 10.3. The van der Waals surface area contributed by atoms with E-state index >= 15 is 0 Å². The van der Waals surface area contributed by atoms with Crippen LogP contribution in [0.25, 0.3) is 0 Å². The number of halogens is 1. The van der Waals surface area contributed by atoms with Crippen LogP contribution in [-0.2, 0) is 6.61 Å². The van der Waals surface area contributed by atoms with Crippen molar-refractivity contribution in [2.24, 2.45) is 0 Å². The van der Waals surface area contributed by atoms with Gasteiger partial charge < -0.3 is 9.15 Å². The van der Waals surface area contributed by atoms with Gasteiger partial charge in [0, 0.05) is 6.92 Å². The molecule has 0 N–H and O–H groups in total. The summed E-state index contributed by atoms with van der Waals surface area (Å²) in [5.74, 6) is 1.46. The van der Waals surface area contributed by atoms with Crippen LogP contribution in [0.5, 0.6) is 5.75 Å². The summed E-state index contributed by atoms with van der Waals surface area (Å²) in [5, 5.41) is 0. The summed E-state index contributed by atoms with van der Waals surface area (Å²) in [6.45, 7) is 2.22. The summed E-state index contributed by atoms with van der Waals surface area (Å²) >= 11 is 3.41. The molecule has 0 saturated carbocycles.